The number of hydrogen-bond donors (Lipinski definition) is 0. The molecule has 306 valence electrons. The van der Waals surface area contributed by atoms with Crippen LogP contribution in [0.25, 0.3) is 122 Å². The molecule has 0 aliphatic heterocycles. The number of nitrogens with zero attached hydrogens (tertiary/aromatic N) is 4. The van der Waals surface area contributed by atoms with Crippen LogP contribution in [0.1, 0.15) is 5.56 Å². The average Bonchev–Trinajstić information content (AvgIpc) is 3.40. The van der Waals surface area contributed by atoms with Crippen molar-refractivity contribution < 1.29 is 0 Å². The zero-order valence-corrected chi connectivity index (χ0v) is 35.7. The van der Waals surface area contributed by atoms with E-state index in [9.17, 15) is 5.26 Å². The van der Waals surface area contributed by atoms with E-state index in [0.29, 0.717) is 23.0 Å². The summed E-state index contributed by atoms with van der Waals surface area (Å²) in [5.41, 5.74) is 12.2. The van der Waals surface area contributed by atoms with Crippen LogP contribution in [-0.4, -0.2) is 15.0 Å². The van der Waals surface area contributed by atoms with Crippen molar-refractivity contribution in [2.24, 2.45) is 0 Å². The van der Waals surface area contributed by atoms with Gasteiger partial charge in [0.1, 0.15) is 0 Å². The first-order chi connectivity index (χ1) is 32.7. The molecule has 12 aromatic rings. The van der Waals surface area contributed by atoms with Gasteiger partial charge in [-0.2, -0.15) is 5.26 Å². The van der Waals surface area contributed by atoms with Crippen LogP contribution in [0.15, 0.2) is 231 Å². The maximum absolute atomic E-state index is 9.40. The standard InChI is InChI=1S/C62H38N4/c63-39-40-25-27-41(28-26-40)46-17-12-18-48(37-46)61-64-60(65-62(66-61)57-24-11-8-19-49(57)42-13-2-1-3-14-42)45-31-29-44(30-32-45)51-35-36-55(54-23-10-9-22-53(51)54)59-52-21-7-5-16-47(52)38-58-50-20-6-4-15-43(50)33-34-56(58)59/h1-38H. The van der Waals surface area contributed by atoms with Gasteiger partial charge in [0.15, 0.2) is 17.5 Å². The summed E-state index contributed by atoms with van der Waals surface area (Å²) in [6.45, 7) is 0. The minimum atomic E-state index is 0.577. The summed E-state index contributed by atoms with van der Waals surface area (Å²) in [6.07, 6.45) is 0. The summed E-state index contributed by atoms with van der Waals surface area (Å²) in [5, 5.41) is 19.3. The van der Waals surface area contributed by atoms with Gasteiger partial charge >= 0.3 is 0 Å². The van der Waals surface area contributed by atoms with E-state index in [1.54, 1.807) is 0 Å². The Balaban J connectivity index is 0.981. The normalized spacial score (nSPS) is 11.3. The fourth-order valence-electron chi connectivity index (χ4n) is 9.56. The molecule has 1 heterocycles. The molecule has 12 rings (SSSR count). The van der Waals surface area contributed by atoms with E-state index in [1.807, 2.05) is 48.5 Å². The van der Waals surface area contributed by atoms with E-state index in [0.717, 1.165) is 50.1 Å². The van der Waals surface area contributed by atoms with E-state index in [4.69, 9.17) is 15.0 Å². The Morgan fingerprint density at radius 2 is 0.818 bits per heavy atom. The van der Waals surface area contributed by atoms with Crippen molar-refractivity contribution in [3.8, 4) is 84.7 Å². The van der Waals surface area contributed by atoms with Gasteiger partial charge in [0.05, 0.1) is 11.6 Å². The third-order valence-corrected chi connectivity index (χ3v) is 12.8. The summed E-state index contributed by atoms with van der Waals surface area (Å²) >= 11 is 0. The van der Waals surface area contributed by atoms with Gasteiger partial charge in [-0.3, -0.25) is 0 Å². The molecule has 4 heteroatoms. The Kier molecular flexibility index (Phi) is 9.51. The second-order valence-corrected chi connectivity index (χ2v) is 16.6. The van der Waals surface area contributed by atoms with Crippen molar-refractivity contribution in [1.82, 2.24) is 15.0 Å². The fourth-order valence-corrected chi connectivity index (χ4v) is 9.56. The first kappa shape index (κ1) is 38.6. The van der Waals surface area contributed by atoms with Gasteiger partial charge in [-0.05, 0) is 112 Å². The quantitative estimate of drug-likeness (QED) is 0.118. The smallest absolute Gasteiger partial charge is 0.164 e. The first-order valence-corrected chi connectivity index (χ1v) is 22.1. The van der Waals surface area contributed by atoms with Crippen LogP contribution in [-0.2, 0) is 0 Å². The zero-order valence-electron chi connectivity index (χ0n) is 35.7. The molecule has 0 radical (unpaired) electrons. The van der Waals surface area contributed by atoms with Gasteiger partial charge in [-0.25, -0.2) is 15.0 Å². The van der Waals surface area contributed by atoms with E-state index < -0.39 is 0 Å². The predicted molar refractivity (Wildman–Crippen MR) is 273 cm³/mol. The molecule has 0 aliphatic rings. The highest BCUT2D eigenvalue weighted by Gasteiger charge is 2.19. The van der Waals surface area contributed by atoms with Gasteiger partial charge in [0.25, 0.3) is 0 Å². The second kappa shape index (κ2) is 16.3. The van der Waals surface area contributed by atoms with Gasteiger partial charge in [0, 0.05) is 16.7 Å². The third kappa shape index (κ3) is 6.84. The Bertz CT molecular complexity index is 3870. The lowest BCUT2D eigenvalue weighted by Gasteiger charge is -2.17. The minimum absolute atomic E-state index is 0.577. The summed E-state index contributed by atoms with van der Waals surface area (Å²) in [5.74, 6) is 1.76. The van der Waals surface area contributed by atoms with E-state index in [1.165, 1.54) is 54.2 Å². The molecule has 0 unspecified atom stereocenters. The Morgan fingerprint density at radius 3 is 1.59 bits per heavy atom. The van der Waals surface area contributed by atoms with Crippen molar-refractivity contribution >= 4 is 43.1 Å². The highest BCUT2D eigenvalue weighted by atomic mass is 15.0. The van der Waals surface area contributed by atoms with Crippen LogP contribution in [0.5, 0.6) is 0 Å². The Morgan fingerprint density at radius 1 is 0.273 bits per heavy atom. The molecular formula is C62H38N4. The van der Waals surface area contributed by atoms with E-state index >= 15 is 0 Å². The largest absolute Gasteiger partial charge is 0.208 e. The highest BCUT2D eigenvalue weighted by Crippen LogP contribution is 2.44. The lowest BCUT2D eigenvalue weighted by Crippen LogP contribution is -2.01. The maximum atomic E-state index is 9.40. The van der Waals surface area contributed by atoms with Gasteiger partial charge < -0.3 is 0 Å². The molecule has 0 fully saturated rings. The van der Waals surface area contributed by atoms with Crippen molar-refractivity contribution in [2.75, 3.05) is 0 Å². The Hall–Kier alpha value is -9.04. The molecule has 0 saturated carbocycles. The lowest BCUT2D eigenvalue weighted by atomic mass is 9.86. The molecule has 0 bridgehead atoms. The molecule has 0 amide bonds. The number of benzene rings is 11. The molecule has 0 atom stereocenters. The number of aromatic nitrogens is 3. The summed E-state index contributed by atoms with van der Waals surface area (Å²) in [7, 11) is 0. The van der Waals surface area contributed by atoms with Gasteiger partial charge in [0.2, 0.25) is 0 Å². The lowest BCUT2D eigenvalue weighted by molar-refractivity contribution is 1.07. The third-order valence-electron chi connectivity index (χ3n) is 12.8. The molecule has 66 heavy (non-hydrogen) atoms. The summed E-state index contributed by atoms with van der Waals surface area (Å²) in [6, 6.07) is 83.1. The highest BCUT2D eigenvalue weighted by molar-refractivity contribution is 6.23. The molecular weight excluding hydrogens is 801 g/mol. The SMILES string of the molecule is N#Cc1ccc(-c2cccc(-c3nc(-c4ccc(-c5ccc(-c6c7ccccc7cc7c6ccc6ccccc67)c6ccccc56)cc4)nc(-c4ccccc4-c4ccccc4)n3)c2)cc1. The van der Waals surface area contributed by atoms with Crippen LogP contribution in [0.4, 0.5) is 0 Å². The number of hydrogen-bond acceptors (Lipinski definition) is 4. The van der Waals surface area contributed by atoms with Crippen molar-refractivity contribution in [3.63, 3.8) is 0 Å². The number of fused-ring (bicyclic) bond motifs is 5. The maximum Gasteiger partial charge on any atom is 0.164 e. The monoisotopic (exact) mass is 838 g/mol. The number of nitriles is 1. The van der Waals surface area contributed by atoms with Crippen LogP contribution < -0.4 is 0 Å². The van der Waals surface area contributed by atoms with Crippen LogP contribution in [0.3, 0.4) is 0 Å². The summed E-state index contributed by atoms with van der Waals surface area (Å²) in [4.78, 5) is 15.5. The zero-order chi connectivity index (χ0) is 44.0. The number of rotatable bonds is 7. The molecule has 4 nitrogen and oxygen atoms in total. The van der Waals surface area contributed by atoms with Gasteiger partial charge in [-0.1, -0.05) is 206 Å². The Labute approximate surface area is 382 Å². The fraction of sp³-hybridized carbons (Fsp3) is 0. The summed E-state index contributed by atoms with van der Waals surface area (Å²) < 4.78 is 0. The molecule has 0 spiro atoms. The minimum Gasteiger partial charge on any atom is -0.208 e. The predicted octanol–water partition coefficient (Wildman–Crippen LogP) is 16.0. The molecule has 0 aliphatic carbocycles. The molecule has 1 aromatic heterocycles. The first-order valence-electron chi connectivity index (χ1n) is 22.1. The van der Waals surface area contributed by atoms with Crippen molar-refractivity contribution in [3.05, 3.63) is 236 Å². The molecule has 0 N–H and O–H groups in total. The van der Waals surface area contributed by atoms with Crippen LogP contribution >= 0.6 is 0 Å². The van der Waals surface area contributed by atoms with Gasteiger partial charge in [-0.15, -0.1) is 0 Å². The van der Waals surface area contributed by atoms with Crippen LogP contribution in [0, 0.1) is 11.3 Å². The van der Waals surface area contributed by atoms with E-state index in [-0.39, 0.29) is 0 Å². The molecule has 11 aromatic carbocycles. The second-order valence-electron chi connectivity index (χ2n) is 16.6. The van der Waals surface area contributed by atoms with E-state index in [2.05, 4.69) is 188 Å². The van der Waals surface area contributed by atoms with Crippen molar-refractivity contribution in [2.45, 2.75) is 0 Å². The van der Waals surface area contributed by atoms with Crippen molar-refractivity contribution in [1.29, 1.82) is 5.26 Å². The topological polar surface area (TPSA) is 62.5 Å². The van der Waals surface area contributed by atoms with Crippen LogP contribution in [0.2, 0.25) is 0 Å². The average molecular weight is 839 g/mol. The molecule has 0 saturated heterocycles.